The van der Waals surface area contributed by atoms with Crippen LogP contribution in [0.4, 0.5) is 14.5 Å². The summed E-state index contributed by atoms with van der Waals surface area (Å²) in [7, 11) is 3.09. The number of halogens is 2. The van der Waals surface area contributed by atoms with Crippen molar-refractivity contribution in [1.82, 2.24) is 4.90 Å². The maximum absolute atomic E-state index is 13.9. The van der Waals surface area contributed by atoms with E-state index in [9.17, 15) is 18.4 Å². The lowest BCUT2D eigenvalue weighted by Gasteiger charge is -2.26. The van der Waals surface area contributed by atoms with Gasteiger partial charge < -0.3 is 14.4 Å². The van der Waals surface area contributed by atoms with Gasteiger partial charge in [-0.1, -0.05) is 23.8 Å². The van der Waals surface area contributed by atoms with Crippen molar-refractivity contribution in [2.45, 2.75) is 13.8 Å². The number of anilines is 1. The lowest BCUT2D eigenvalue weighted by Crippen LogP contribution is -2.37. The van der Waals surface area contributed by atoms with E-state index in [0.29, 0.717) is 31.9 Å². The molecule has 0 saturated heterocycles. The SMILES string of the molecule is COCCN(CCOC)C1=C(c2ccc(C)cc2C)C(=O)N(c2ccc(F)c(F)c2)C1=O. The molecule has 0 N–H and O–H groups in total. The summed E-state index contributed by atoms with van der Waals surface area (Å²) in [4.78, 5) is 29.7. The van der Waals surface area contributed by atoms with Crippen LogP contribution in [0, 0.1) is 25.5 Å². The minimum atomic E-state index is -1.14. The van der Waals surface area contributed by atoms with Gasteiger partial charge in [0, 0.05) is 33.4 Å². The second kappa shape index (κ2) is 10.0. The van der Waals surface area contributed by atoms with E-state index in [4.69, 9.17) is 9.47 Å². The molecule has 0 atom stereocenters. The average molecular weight is 444 g/mol. The molecule has 0 radical (unpaired) electrons. The number of amides is 2. The fourth-order valence-corrected chi connectivity index (χ4v) is 3.75. The standard InChI is InChI=1S/C24H26F2N2O4/c1-15-5-7-18(16(2)13-15)21-22(27(9-11-31-3)10-12-32-4)24(30)28(23(21)29)17-6-8-19(25)20(26)14-17/h5-8,13-14H,9-12H2,1-4H3. The predicted molar refractivity (Wildman–Crippen MR) is 117 cm³/mol. The first-order chi connectivity index (χ1) is 15.3. The van der Waals surface area contributed by atoms with Crippen LogP contribution >= 0.6 is 0 Å². The number of carbonyl (C=O) groups excluding carboxylic acids is 2. The van der Waals surface area contributed by atoms with E-state index in [1.54, 1.807) is 25.2 Å². The number of benzene rings is 2. The van der Waals surface area contributed by atoms with Gasteiger partial charge in [0.05, 0.1) is 24.5 Å². The van der Waals surface area contributed by atoms with Gasteiger partial charge in [-0.05, 0) is 37.1 Å². The summed E-state index contributed by atoms with van der Waals surface area (Å²) >= 11 is 0. The average Bonchev–Trinajstić information content (AvgIpc) is 3.00. The molecule has 3 rings (SSSR count). The molecular weight excluding hydrogens is 418 g/mol. The fraction of sp³-hybridized carbons (Fsp3) is 0.333. The van der Waals surface area contributed by atoms with Crippen molar-refractivity contribution < 1.29 is 27.8 Å². The van der Waals surface area contributed by atoms with E-state index in [1.807, 2.05) is 26.0 Å². The Morgan fingerprint density at radius 3 is 2.09 bits per heavy atom. The third-order valence-electron chi connectivity index (χ3n) is 5.32. The van der Waals surface area contributed by atoms with Crippen molar-refractivity contribution >= 4 is 23.1 Å². The van der Waals surface area contributed by atoms with Crippen molar-refractivity contribution in [2.24, 2.45) is 0 Å². The van der Waals surface area contributed by atoms with Crippen molar-refractivity contribution in [3.63, 3.8) is 0 Å². The van der Waals surface area contributed by atoms with Gasteiger partial charge in [0.2, 0.25) is 0 Å². The summed E-state index contributed by atoms with van der Waals surface area (Å²) in [5, 5.41) is 0. The van der Waals surface area contributed by atoms with Crippen LogP contribution in [0.2, 0.25) is 0 Å². The molecular formula is C24H26F2N2O4. The summed E-state index contributed by atoms with van der Waals surface area (Å²) in [5.74, 6) is -3.40. The molecule has 170 valence electrons. The number of ether oxygens (including phenoxy) is 2. The van der Waals surface area contributed by atoms with Crippen molar-refractivity contribution in [2.75, 3.05) is 45.4 Å². The first-order valence-electron chi connectivity index (χ1n) is 10.2. The third kappa shape index (κ3) is 4.56. The number of hydrogen-bond acceptors (Lipinski definition) is 5. The molecule has 2 aromatic rings. The Morgan fingerprint density at radius 1 is 0.875 bits per heavy atom. The molecule has 0 fully saturated rings. The minimum Gasteiger partial charge on any atom is -0.383 e. The molecule has 0 spiro atoms. The molecule has 6 nitrogen and oxygen atoms in total. The van der Waals surface area contributed by atoms with Crippen molar-refractivity contribution in [1.29, 1.82) is 0 Å². The molecule has 0 aliphatic carbocycles. The highest BCUT2D eigenvalue weighted by molar-refractivity contribution is 6.45. The van der Waals surface area contributed by atoms with Gasteiger partial charge in [-0.2, -0.15) is 0 Å². The number of carbonyl (C=O) groups is 2. The van der Waals surface area contributed by atoms with Crippen LogP contribution in [0.3, 0.4) is 0 Å². The normalized spacial score (nSPS) is 14.0. The van der Waals surface area contributed by atoms with Crippen LogP contribution in [0.5, 0.6) is 0 Å². The Labute approximate surface area is 186 Å². The van der Waals surface area contributed by atoms with Gasteiger partial charge in [-0.3, -0.25) is 9.59 Å². The number of hydrogen-bond donors (Lipinski definition) is 0. The highest BCUT2D eigenvalue weighted by atomic mass is 19.2. The smallest absolute Gasteiger partial charge is 0.282 e. The molecule has 0 unspecified atom stereocenters. The molecule has 8 heteroatoms. The fourth-order valence-electron chi connectivity index (χ4n) is 3.75. The number of aryl methyl sites for hydroxylation is 2. The second-order valence-corrected chi connectivity index (χ2v) is 7.56. The number of imide groups is 1. The van der Waals surface area contributed by atoms with Crippen molar-refractivity contribution in [3.8, 4) is 0 Å². The number of nitrogens with zero attached hydrogens (tertiary/aromatic N) is 2. The zero-order chi connectivity index (χ0) is 23.4. The first-order valence-corrected chi connectivity index (χ1v) is 10.2. The maximum atomic E-state index is 13.9. The Kier molecular flexibility index (Phi) is 7.37. The van der Waals surface area contributed by atoms with Crippen LogP contribution < -0.4 is 4.90 Å². The monoisotopic (exact) mass is 444 g/mol. The van der Waals surface area contributed by atoms with Gasteiger partial charge in [0.1, 0.15) is 5.70 Å². The quantitative estimate of drug-likeness (QED) is 0.555. The maximum Gasteiger partial charge on any atom is 0.282 e. The highest BCUT2D eigenvalue weighted by Crippen LogP contribution is 2.36. The molecule has 1 aliphatic heterocycles. The Bertz CT molecular complexity index is 1060. The van der Waals surface area contributed by atoms with Gasteiger partial charge in [0.25, 0.3) is 11.8 Å². The Balaban J connectivity index is 2.18. The minimum absolute atomic E-state index is 0.0328. The molecule has 0 bridgehead atoms. The van der Waals surface area contributed by atoms with E-state index >= 15 is 0 Å². The molecule has 32 heavy (non-hydrogen) atoms. The first kappa shape index (κ1) is 23.6. The van der Waals surface area contributed by atoms with Crippen LogP contribution in [0.25, 0.3) is 5.57 Å². The number of methoxy groups -OCH3 is 2. The largest absolute Gasteiger partial charge is 0.383 e. The third-order valence-corrected chi connectivity index (χ3v) is 5.32. The van der Waals surface area contributed by atoms with E-state index < -0.39 is 23.4 Å². The van der Waals surface area contributed by atoms with Gasteiger partial charge in [-0.15, -0.1) is 0 Å². The van der Waals surface area contributed by atoms with Crippen LogP contribution in [-0.2, 0) is 19.1 Å². The van der Waals surface area contributed by atoms with E-state index in [0.717, 1.165) is 28.2 Å². The predicted octanol–water partition coefficient (Wildman–Crippen LogP) is 3.46. The molecule has 1 aliphatic rings. The molecule has 1 heterocycles. The zero-order valence-corrected chi connectivity index (χ0v) is 18.6. The summed E-state index contributed by atoms with van der Waals surface area (Å²) in [6, 6.07) is 8.54. The summed E-state index contributed by atoms with van der Waals surface area (Å²) in [6.45, 7) is 5.12. The van der Waals surface area contributed by atoms with E-state index in [1.165, 1.54) is 6.07 Å². The second-order valence-electron chi connectivity index (χ2n) is 7.56. The number of rotatable bonds is 9. The Morgan fingerprint density at radius 2 is 1.53 bits per heavy atom. The zero-order valence-electron chi connectivity index (χ0n) is 18.6. The highest BCUT2D eigenvalue weighted by Gasteiger charge is 2.43. The molecule has 2 aromatic carbocycles. The van der Waals surface area contributed by atoms with E-state index in [-0.39, 0.29) is 17.0 Å². The van der Waals surface area contributed by atoms with Gasteiger partial charge in [-0.25, -0.2) is 13.7 Å². The summed E-state index contributed by atoms with van der Waals surface area (Å²) in [6.07, 6.45) is 0. The molecule has 0 aromatic heterocycles. The summed E-state index contributed by atoms with van der Waals surface area (Å²) < 4.78 is 37.8. The molecule has 2 amide bonds. The lowest BCUT2D eigenvalue weighted by molar-refractivity contribution is -0.120. The molecule has 0 saturated carbocycles. The van der Waals surface area contributed by atoms with Crippen LogP contribution in [-0.4, -0.2) is 57.2 Å². The Hall–Kier alpha value is -3.10. The lowest BCUT2D eigenvalue weighted by atomic mass is 9.97. The van der Waals surface area contributed by atoms with E-state index in [2.05, 4.69) is 0 Å². The van der Waals surface area contributed by atoms with Crippen LogP contribution in [0.1, 0.15) is 16.7 Å². The van der Waals surface area contributed by atoms with Gasteiger partial charge in [0.15, 0.2) is 11.6 Å². The van der Waals surface area contributed by atoms with Crippen molar-refractivity contribution in [3.05, 3.63) is 70.4 Å². The van der Waals surface area contributed by atoms with Gasteiger partial charge >= 0.3 is 0 Å². The van der Waals surface area contributed by atoms with Crippen LogP contribution in [0.15, 0.2) is 42.1 Å². The summed E-state index contributed by atoms with van der Waals surface area (Å²) in [5.41, 5.74) is 2.80. The topological polar surface area (TPSA) is 59.1 Å².